The predicted octanol–water partition coefficient (Wildman–Crippen LogP) is 0.353. The van der Waals surface area contributed by atoms with E-state index in [-0.39, 0.29) is 6.03 Å². The maximum Gasteiger partial charge on any atom is 0.319 e. The molecule has 0 bridgehead atoms. The zero-order valence-corrected chi connectivity index (χ0v) is 8.83. The van der Waals surface area contributed by atoms with Crippen molar-refractivity contribution in [3.05, 3.63) is 0 Å². The molecule has 1 N–H and O–H groups in total. The molecule has 0 radical (unpaired) electrons. The minimum Gasteiger partial charge on any atom is -0.327 e. The fraction of sp³-hybridized carbons (Fsp3) is 0.900. The summed E-state index contributed by atoms with van der Waals surface area (Å²) < 4.78 is 0. The van der Waals surface area contributed by atoms with E-state index in [0.717, 1.165) is 38.6 Å². The van der Waals surface area contributed by atoms with E-state index in [9.17, 15) is 4.79 Å². The van der Waals surface area contributed by atoms with Gasteiger partial charge in [-0.25, -0.2) is 4.79 Å². The highest BCUT2D eigenvalue weighted by Crippen LogP contribution is 2.29. The van der Waals surface area contributed by atoms with Gasteiger partial charge in [0.15, 0.2) is 0 Å². The average Bonchev–Trinajstić information content (AvgIpc) is 3.02. The Balaban J connectivity index is 1.79. The van der Waals surface area contributed by atoms with Crippen LogP contribution in [-0.2, 0) is 0 Å². The van der Waals surface area contributed by atoms with Crippen LogP contribution in [0.15, 0.2) is 0 Å². The molecule has 1 heterocycles. The number of nitrogens with one attached hydrogen (secondary N) is 1. The van der Waals surface area contributed by atoms with Gasteiger partial charge in [-0.05, 0) is 18.8 Å². The molecule has 1 saturated heterocycles. The Bertz CT molecular complexity index is 209. The van der Waals surface area contributed by atoms with Gasteiger partial charge in [-0.2, -0.15) is 0 Å². The summed E-state index contributed by atoms with van der Waals surface area (Å²) in [5.41, 5.74) is 0. The van der Waals surface area contributed by atoms with Gasteiger partial charge in [-0.3, -0.25) is 0 Å². The fourth-order valence-corrected chi connectivity index (χ4v) is 1.86. The highest BCUT2D eigenvalue weighted by molar-refractivity contribution is 5.74. The van der Waals surface area contributed by atoms with Crippen LogP contribution >= 0.6 is 0 Å². The van der Waals surface area contributed by atoms with Crippen molar-refractivity contribution in [2.24, 2.45) is 5.92 Å². The highest BCUT2D eigenvalue weighted by Gasteiger charge is 2.27. The van der Waals surface area contributed by atoms with Gasteiger partial charge in [-0.1, -0.05) is 0 Å². The molecule has 0 atom stereocenters. The van der Waals surface area contributed by atoms with Crippen LogP contribution in [-0.4, -0.2) is 55.6 Å². The highest BCUT2D eigenvalue weighted by atomic mass is 16.2. The standard InChI is InChI=1S/C10H19N3O/c1-12(8-9-2-3-9)10(14)13-6-4-11-5-7-13/h9,11H,2-8H2,1H3. The average molecular weight is 197 g/mol. The predicted molar refractivity (Wildman–Crippen MR) is 55.2 cm³/mol. The first-order valence-corrected chi connectivity index (χ1v) is 5.48. The number of carbonyl (C=O) groups is 1. The third-order valence-electron chi connectivity index (χ3n) is 2.94. The second kappa shape index (κ2) is 4.17. The summed E-state index contributed by atoms with van der Waals surface area (Å²) >= 11 is 0. The van der Waals surface area contributed by atoms with Crippen LogP contribution in [0, 0.1) is 5.92 Å². The Labute approximate surface area is 85.2 Å². The molecule has 0 aromatic carbocycles. The Morgan fingerprint density at radius 2 is 2.07 bits per heavy atom. The normalized spacial score (nSPS) is 22.2. The number of hydrogen-bond donors (Lipinski definition) is 1. The number of nitrogens with zero attached hydrogens (tertiary/aromatic N) is 2. The molecule has 0 unspecified atom stereocenters. The SMILES string of the molecule is CN(CC1CC1)C(=O)N1CCNCC1. The molecular formula is C10H19N3O. The lowest BCUT2D eigenvalue weighted by atomic mass is 10.3. The summed E-state index contributed by atoms with van der Waals surface area (Å²) in [7, 11) is 1.92. The van der Waals surface area contributed by atoms with Crippen LogP contribution in [0.25, 0.3) is 0 Å². The van der Waals surface area contributed by atoms with E-state index in [1.165, 1.54) is 12.8 Å². The summed E-state index contributed by atoms with van der Waals surface area (Å²) in [4.78, 5) is 15.7. The third kappa shape index (κ3) is 2.38. The van der Waals surface area contributed by atoms with Gasteiger partial charge in [0, 0.05) is 39.8 Å². The van der Waals surface area contributed by atoms with Crippen molar-refractivity contribution in [1.82, 2.24) is 15.1 Å². The molecule has 4 nitrogen and oxygen atoms in total. The van der Waals surface area contributed by atoms with E-state index in [4.69, 9.17) is 0 Å². The molecule has 4 heteroatoms. The van der Waals surface area contributed by atoms with E-state index < -0.39 is 0 Å². The van der Waals surface area contributed by atoms with Crippen molar-refractivity contribution >= 4 is 6.03 Å². The van der Waals surface area contributed by atoms with Gasteiger partial charge in [0.1, 0.15) is 0 Å². The van der Waals surface area contributed by atoms with Crippen molar-refractivity contribution in [3.63, 3.8) is 0 Å². The number of amides is 2. The fourth-order valence-electron chi connectivity index (χ4n) is 1.86. The minimum absolute atomic E-state index is 0.207. The van der Waals surface area contributed by atoms with Crippen molar-refractivity contribution in [1.29, 1.82) is 0 Å². The minimum atomic E-state index is 0.207. The topological polar surface area (TPSA) is 35.6 Å². The molecule has 0 aromatic heterocycles. The molecule has 1 saturated carbocycles. The molecule has 2 amide bonds. The van der Waals surface area contributed by atoms with E-state index in [0.29, 0.717) is 0 Å². The van der Waals surface area contributed by atoms with E-state index in [1.807, 2.05) is 16.8 Å². The van der Waals surface area contributed by atoms with Gasteiger partial charge in [0.2, 0.25) is 0 Å². The van der Waals surface area contributed by atoms with Crippen LogP contribution in [0.3, 0.4) is 0 Å². The van der Waals surface area contributed by atoms with Crippen LogP contribution in [0.2, 0.25) is 0 Å². The Hall–Kier alpha value is -0.770. The zero-order chi connectivity index (χ0) is 9.97. The monoisotopic (exact) mass is 197 g/mol. The molecule has 1 aliphatic heterocycles. The van der Waals surface area contributed by atoms with Crippen LogP contribution in [0.5, 0.6) is 0 Å². The van der Waals surface area contributed by atoms with Crippen LogP contribution in [0.4, 0.5) is 4.79 Å². The molecule has 80 valence electrons. The summed E-state index contributed by atoms with van der Waals surface area (Å²) in [6.07, 6.45) is 2.61. The van der Waals surface area contributed by atoms with Crippen LogP contribution < -0.4 is 5.32 Å². The lowest BCUT2D eigenvalue weighted by molar-refractivity contribution is 0.154. The second-order valence-electron chi connectivity index (χ2n) is 4.34. The van der Waals surface area contributed by atoms with Gasteiger partial charge >= 0.3 is 6.03 Å². The largest absolute Gasteiger partial charge is 0.327 e. The summed E-state index contributed by atoms with van der Waals surface area (Å²) in [5, 5.41) is 3.25. The summed E-state index contributed by atoms with van der Waals surface area (Å²) in [6, 6.07) is 0.207. The lowest BCUT2D eigenvalue weighted by Gasteiger charge is -2.31. The van der Waals surface area contributed by atoms with Crippen molar-refractivity contribution in [2.75, 3.05) is 39.8 Å². The second-order valence-corrected chi connectivity index (χ2v) is 4.34. The Kier molecular flexibility index (Phi) is 2.91. The molecule has 0 spiro atoms. The van der Waals surface area contributed by atoms with Gasteiger partial charge < -0.3 is 15.1 Å². The molecule has 2 fully saturated rings. The molecule has 14 heavy (non-hydrogen) atoms. The number of rotatable bonds is 2. The Morgan fingerprint density at radius 3 is 2.64 bits per heavy atom. The van der Waals surface area contributed by atoms with Crippen LogP contribution in [0.1, 0.15) is 12.8 Å². The molecular weight excluding hydrogens is 178 g/mol. The quantitative estimate of drug-likeness (QED) is 0.693. The smallest absolute Gasteiger partial charge is 0.319 e. The lowest BCUT2D eigenvalue weighted by Crippen LogP contribution is -2.50. The number of urea groups is 1. The Morgan fingerprint density at radius 1 is 1.43 bits per heavy atom. The van der Waals surface area contributed by atoms with Crippen molar-refractivity contribution in [2.45, 2.75) is 12.8 Å². The van der Waals surface area contributed by atoms with Gasteiger partial charge in [0.25, 0.3) is 0 Å². The van der Waals surface area contributed by atoms with Gasteiger partial charge in [0.05, 0.1) is 0 Å². The summed E-state index contributed by atoms with van der Waals surface area (Å²) in [6.45, 7) is 4.52. The van der Waals surface area contributed by atoms with Gasteiger partial charge in [-0.15, -0.1) is 0 Å². The maximum absolute atomic E-state index is 11.9. The number of piperazine rings is 1. The zero-order valence-electron chi connectivity index (χ0n) is 8.83. The number of carbonyl (C=O) groups excluding carboxylic acids is 1. The first-order chi connectivity index (χ1) is 6.77. The molecule has 1 aliphatic carbocycles. The first-order valence-electron chi connectivity index (χ1n) is 5.48. The molecule has 2 aliphatic rings. The van der Waals surface area contributed by atoms with Crippen molar-refractivity contribution in [3.8, 4) is 0 Å². The summed E-state index contributed by atoms with van der Waals surface area (Å²) in [5.74, 6) is 0.784. The van der Waals surface area contributed by atoms with E-state index in [1.54, 1.807) is 0 Å². The number of hydrogen-bond acceptors (Lipinski definition) is 2. The first kappa shape index (κ1) is 9.77. The molecule has 2 rings (SSSR count). The third-order valence-corrected chi connectivity index (χ3v) is 2.94. The van der Waals surface area contributed by atoms with Crippen molar-refractivity contribution < 1.29 is 4.79 Å². The maximum atomic E-state index is 11.9. The molecule has 0 aromatic rings. The van der Waals surface area contributed by atoms with E-state index >= 15 is 0 Å². The van der Waals surface area contributed by atoms with E-state index in [2.05, 4.69) is 5.32 Å².